The summed E-state index contributed by atoms with van der Waals surface area (Å²) < 4.78 is 57.8. The highest BCUT2D eigenvalue weighted by atomic mass is 35.5. The van der Waals surface area contributed by atoms with Gasteiger partial charge in [-0.3, -0.25) is 0 Å². The first kappa shape index (κ1) is 28.9. The lowest BCUT2D eigenvalue weighted by molar-refractivity contribution is 0.0568. The van der Waals surface area contributed by atoms with E-state index in [1.807, 2.05) is 13.8 Å². The Kier molecular flexibility index (Phi) is 9.54. The van der Waals surface area contributed by atoms with Crippen LogP contribution < -0.4 is 18.9 Å². The molecule has 10 nitrogen and oxygen atoms in total. The van der Waals surface area contributed by atoms with Gasteiger partial charge in [0.05, 0.1) is 17.8 Å². The molecule has 0 bridgehead atoms. The highest BCUT2D eigenvalue weighted by Gasteiger charge is 2.26. The van der Waals surface area contributed by atoms with E-state index in [4.69, 9.17) is 37.4 Å². The number of aromatic nitrogens is 1. The maximum Gasteiger partial charge on any atom is 0.422 e. The fourth-order valence-corrected chi connectivity index (χ4v) is 3.59. The van der Waals surface area contributed by atoms with Crippen LogP contribution in [0.15, 0.2) is 24.4 Å². The van der Waals surface area contributed by atoms with Gasteiger partial charge >= 0.3 is 16.3 Å². The molecule has 0 saturated heterocycles. The van der Waals surface area contributed by atoms with E-state index in [1.54, 1.807) is 9.44 Å². The molecule has 0 aliphatic heterocycles. The van der Waals surface area contributed by atoms with E-state index in [0.29, 0.717) is 6.61 Å². The second-order valence-corrected chi connectivity index (χ2v) is 11.0. The number of carbonyl (C=O) groups is 1. The van der Waals surface area contributed by atoms with Gasteiger partial charge in [-0.25, -0.2) is 18.9 Å². The van der Waals surface area contributed by atoms with Crippen molar-refractivity contribution in [1.29, 1.82) is 0 Å². The highest BCUT2D eigenvalue weighted by Crippen LogP contribution is 2.35. The van der Waals surface area contributed by atoms with Crippen molar-refractivity contribution in [3.63, 3.8) is 0 Å². The number of rotatable bonds is 9. The van der Waals surface area contributed by atoms with Crippen LogP contribution >= 0.6 is 23.2 Å². The zero-order chi connectivity index (χ0) is 26.6. The summed E-state index contributed by atoms with van der Waals surface area (Å²) >= 11 is 12.3. The third kappa shape index (κ3) is 9.30. The molecule has 3 N–H and O–H groups in total. The van der Waals surface area contributed by atoms with Crippen LogP contribution in [0.25, 0.3) is 0 Å². The Bertz CT molecular complexity index is 1170. The Morgan fingerprint density at radius 3 is 2.43 bits per heavy atom. The van der Waals surface area contributed by atoms with Crippen LogP contribution in [0.1, 0.15) is 46.4 Å². The third-order valence-electron chi connectivity index (χ3n) is 3.79. The predicted octanol–water partition coefficient (Wildman–Crippen LogP) is 4.70. The van der Waals surface area contributed by atoms with E-state index in [9.17, 15) is 22.7 Å². The summed E-state index contributed by atoms with van der Waals surface area (Å²) in [4.78, 5) is 15.7. The molecule has 0 aliphatic carbocycles. The van der Waals surface area contributed by atoms with Gasteiger partial charge in [0.25, 0.3) is 0 Å². The number of benzene rings is 1. The second kappa shape index (κ2) is 11.6. The van der Waals surface area contributed by atoms with Crippen LogP contribution in [-0.2, 0) is 14.9 Å². The highest BCUT2D eigenvalue weighted by molar-refractivity contribution is 7.88. The first-order valence-corrected chi connectivity index (χ1v) is 12.5. The molecule has 1 amide bonds. The fourth-order valence-electron chi connectivity index (χ4n) is 2.42. The van der Waals surface area contributed by atoms with E-state index < -0.39 is 39.5 Å². The van der Waals surface area contributed by atoms with Crippen molar-refractivity contribution in [3.05, 3.63) is 45.8 Å². The number of halogens is 3. The lowest BCUT2D eigenvalue weighted by Gasteiger charge is -2.20. The summed E-state index contributed by atoms with van der Waals surface area (Å²) in [6, 6.07) is 3.20. The minimum Gasteiger partial charge on any atom is -0.476 e. The topological polar surface area (TPSA) is 136 Å². The van der Waals surface area contributed by atoms with Crippen molar-refractivity contribution < 1.29 is 36.9 Å². The average molecular weight is 554 g/mol. The van der Waals surface area contributed by atoms with Crippen molar-refractivity contribution in [3.8, 4) is 17.4 Å². The van der Waals surface area contributed by atoms with Crippen molar-refractivity contribution in [2.24, 2.45) is 5.92 Å². The predicted molar refractivity (Wildman–Crippen MR) is 127 cm³/mol. The van der Waals surface area contributed by atoms with Gasteiger partial charge in [0.1, 0.15) is 34.2 Å². The Hall–Kier alpha value is -2.38. The third-order valence-corrected chi connectivity index (χ3v) is 5.33. The smallest absolute Gasteiger partial charge is 0.422 e. The van der Waals surface area contributed by atoms with E-state index >= 15 is 0 Å². The molecule has 1 aromatic carbocycles. The monoisotopic (exact) mass is 553 g/mol. The quantitative estimate of drug-likeness (QED) is 0.380. The van der Waals surface area contributed by atoms with Gasteiger partial charge in [-0.1, -0.05) is 37.0 Å². The molecule has 194 valence electrons. The minimum absolute atomic E-state index is 0.128. The van der Waals surface area contributed by atoms with Crippen LogP contribution in [0, 0.1) is 11.7 Å². The molecule has 0 fully saturated rings. The Balaban J connectivity index is 2.13. The Morgan fingerprint density at radius 1 is 1.20 bits per heavy atom. The standard InChI is InChI=1S/C21H26Cl2FN3O7S/c1-11(2)10-32-19-15(23)6-12(9-25-19)33-17-8-16(24)13(7-14(17)22)18(28)26-35(30,31)27-20(29)34-21(3,4)5/h6-9,11,18,26,28H,10H2,1-5H3,(H,27,29). The number of nitrogens with zero attached hydrogens (tertiary/aromatic N) is 1. The SMILES string of the molecule is CC(C)COc1ncc(Oc2cc(F)c(C(O)NS(=O)(=O)NC(=O)OC(C)(C)C)cc2Cl)cc1Cl. The molecular formula is C21H26Cl2FN3O7S. The van der Waals surface area contributed by atoms with Gasteiger partial charge < -0.3 is 19.3 Å². The second-order valence-electron chi connectivity index (χ2n) is 8.70. The summed E-state index contributed by atoms with van der Waals surface area (Å²) in [5.74, 6) is -0.604. The molecule has 1 heterocycles. The molecule has 14 heteroatoms. The molecule has 35 heavy (non-hydrogen) atoms. The Labute approximate surface area is 212 Å². The van der Waals surface area contributed by atoms with Crippen LogP contribution in [0.2, 0.25) is 10.0 Å². The lowest BCUT2D eigenvalue weighted by atomic mass is 10.2. The summed E-state index contributed by atoms with van der Waals surface area (Å²) in [5, 5.41) is 10.2. The van der Waals surface area contributed by atoms with Crippen LogP contribution in [-0.4, -0.2) is 36.8 Å². The normalized spacial score (nSPS) is 12.9. The maximum absolute atomic E-state index is 14.7. The first-order valence-electron chi connectivity index (χ1n) is 10.2. The number of carbonyl (C=O) groups excluding carboxylic acids is 1. The molecule has 0 radical (unpaired) electrons. The number of nitrogens with one attached hydrogen (secondary N) is 2. The summed E-state index contributed by atoms with van der Waals surface area (Å²) in [6.07, 6.45) is -2.07. The summed E-state index contributed by atoms with van der Waals surface area (Å²) in [6.45, 7) is 8.92. The molecule has 2 aromatic rings. The zero-order valence-electron chi connectivity index (χ0n) is 19.6. The van der Waals surface area contributed by atoms with Gasteiger partial charge in [0, 0.05) is 17.7 Å². The molecule has 2 rings (SSSR count). The van der Waals surface area contributed by atoms with E-state index in [0.717, 1.165) is 12.1 Å². The number of aliphatic hydroxyl groups excluding tert-OH is 1. The van der Waals surface area contributed by atoms with Crippen molar-refractivity contribution in [1.82, 2.24) is 14.4 Å². The van der Waals surface area contributed by atoms with Gasteiger partial charge in [-0.15, -0.1) is 0 Å². The number of amides is 1. The van der Waals surface area contributed by atoms with E-state index in [1.165, 1.54) is 33.0 Å². The van der Waals surface area contributed by atoms with Gasteiger partial charge in [-0.05, 0) is 32.8 Å². The maximum atomic E-state index is 14.7. The average Bonchev–Trinajstić information content (AvgIpc) is 2.67. The van der Waals surface area contributed by atoms with E-state index in [-0.39, 0.29) is 33.3 Å². The fraction of sp³-hybridized carbons (Fsp3) is 0.429. The molecule has 1 atom stereocenters. The van der Waals surface area contributed by atoms with E-state index in [2.05, 4.69) is 4.98 Å². The molecule has 0 aliphatic rings. The van der Waals surface area contributed by atoms with Crippen LogP contribution in [0.3, 0.4) is 0 Å². The number of pyridine rings is 1. The van der Waals surface area contributed by atoms with Crippen LogP contribution in [0.5, 0.6) is 17.4 Å². The molecule has 0 spiro atoms. The number of aliphatic hydroxyl groups is 1. The van der Waals surface area contributed by atoms with Crippen molar-refractivity contribution >= 4 is 39.5 Å². The van der Waals surface area contributed by atoms with Gasteiger partial charge in [-0.2, -0.15) is 13.1 Å². The van der Waals surface area contributed by atoms with Crippen molar-refractivity contribution in [2.45, 2.75) is 46.4 Å². The molecular weight excluding hydrogens is 528 g/mol. The summed E-state index contributed by atoms with van der Waals surface area (Å²) in [7, 11) is -4.61. The zero-order valence-corrected chi connectivity index (χ0v) is 21.9. The summed E-state index contributed by atoms with van der Waals surface area (Å²) in [5.41, 5.74) is -1.49. The number of hydrogen-bond acceptors (Lipinski definition) is 8. The van der Waals surface area contributed by atoms with Gasteiger partial charge in [0.2, 0.25) is 5.88 Å². The first-order chi connectivity index (χ1) is 16.1. The minimum atomic E-state index is -4.61. The molecule has 0 saturated carbocycles. The van der Waals surface area contributed by atoms with Crippen LogP contribution in [0.4, 0.5) is 9.18 Å². The Morgan fingerprint density at radius 2 is 1.86 bits per heavy atom. The number of hydrogen-bond donors (Lipinski definition) is 3. The lowest BCUT2D eigenvalue weighted by Crippen LogP contribution is -2.44. The number of ether oxygens (including phenoxy) is 3. The largest absolute Gasteiger partial charge is 0.476 e. The molecule has 1 aromatic heterocycles. The molecule has 1 unspecified atom stereocenters. The van der Waals surface area contributed by atoms with Crippen molar-refractivity contribution in [2.75, 3.05) is 6.61 Å². The van der Waals surface area contributed by atoms with Gasteiger partial charge in [0.15, 0.2) is 0 Å².